The highest BCUT2D eigenvalue weighted by Gasteiger charge is 2.26. The largest absolute Gasteiger partial charge is 0.381 e. The molecule has 0 saturated carbocycles. The number of hydrogen-bond acceptors (Lipinski definition) is 4. The molecule has 0 bridgehead atoms. The van der Waals surface area contributed by atoms with Crippen molar-refractivity contribution in [3.05, 3.63) is 11.4 Å². The number of nitrogens with two attached hydrogens (primary N) is 1. The molecule has 1 aromatic heterocycles. The standard InChI is InChI=1S/C12H21N3O3S/c1-3-10-12(19(13,16)17)11(4-2)15(14-10)7-9-5-6-18-8-9/h9H,3-8H2,1-2H3,(H2,13,16,17). The van der Waals surface area contributed by atoms with Crippen LogP contribution in [0.2, 0.25) is 0 Å². The molecule has 2 rings (SSSR count). The maximum atomic E-state index is 11.7. The molecule has 0 radical (unpaired) electrons. The molecule has 2 heterocycles. The zero-order valence-electron chi connectivity index (χ0n) is 11.4. The molecule has 1 atom stereocenters. The summed E-state index contributed by atoms with van der Waals surface area (Å²) in [6.07, 6.45) is 2.16. The van der Waals surface area contributed by atoms with Gasteiger partial charge < -0.3 is 4.74 Å². The van der Waals surface area contributed by atoms with Crippen molar-refractivity contribution >= 4 is 10.0 Å². The van der Waals surface area contributed by atoms with E-state index >= 15 is 0 Å². The SMILES string of the molecule is CCc1nn(CC2CCOC2)c(CC)c1S(N)(=O)=O. The molecule has 1 aromatic rings. The summed E-state index contributed by atoms with van der Waals surface area (Å²) in [4.78, 5) is 0.219. The summed E-state index contributed by atoms with van der Waals surface area (Å²) in [5, 5.41) is 9.76. The van der Waals surface area contributed by atoms with E-state index in [1.54, 1.807) is 4.68 Å². The second-order valence-electron chi connectivity index (χ2n) is 4.89. The quantitative estimate of drug-likeness (QED) is 0.863. The van der Waals surface area contributed by atoms with Crippen LogP contribution < -0.4 is 5.14 Å². The second-order valence-corrected chi connectivity index (χ2v) is 6.38. The first-order valence-corrected chi connectivity index (χ1v) is 8.21. The third-order valence-corrected chi connectivity index (χ3v) is 4.53. The highest BCUT2D eigenvalue weighted by molar-refractivity contribution is 7.89. The van der Waals surface area contributed by atoms with Crippen LogP contribution in [0.15, 0.2) is 4.90 Å². The van der Waals surface area contributed by atoms with Crippen LogP contribution >= 0.6 is 0 Å². The van der Waals surface area contributed by atoms with Gasteiger partial charge in [-0.3, -0.25) is 4.68 Å². The Labute approximate surface area is 114 Å². The van der Waals surface area contributed by atoms with Crippen LogP contribution in [0.1, 0.15) is 31.7 Å². The Morgan fingerprint density at radius 2 is 2.16 bits per heavy atom. The smallest absolute Gasteiger partial charge is 0.241 e. The molecule has 2 N–H and O–H groups in total. The summed E-state index contributed by atoms with van der Waals surface area (Å²) in [5.74, 6) is 0.406. The fourth-order valence-corrected chi connectivity index (χ4v) is 3.65. The zero-order chi connectivity index (χ0) is 14.0. The van der Waals surface area contributed by atoms with Gasteiger partial charge in [-0.1, -0.05) is 13.8 Å². The van der Waals surface area contributed by atoms with Gasteiger partial charge in [-0.25, -0.2) is 13.6 Å². The molecule has 0 aliphatic carbocycles. The molecule has 1 aliphatic rings. The van der Waals surface area contributed by atoms with Crippen molar-refractivity contribution < 1.29 is 13.2 Å². The summed E-state index contributed by atoms with van der Waals surface area (Å²) in [6.45, 7) is 6.00. The van der Waals surface area contributed by atoms with E-state index in [0.717, 1.165) is 19.6 Å². The maximum absolute atomic E-state index is 11.7. The van der Waals surface area contributed by atoms with Gasteiger partial charge in [0, 0.05) is 19.1 Å². The van der Waals surface area contributed by atoms with Crippen LogP contribution in [-0.2, 0) is 34.1 Å². The van der Waals surface area contributed by atoms with E-state index in [1.807, 2.05) is 13.8 Å². The third kappa shape index (κ3) is 2.98. The van der Waals surface area contributed by atoms with E-state index in [4.69, 9.17) is 9.88 Å². The first-order chi connectivity index (χ1) is 8.97. The van der Waals surface area contributed by atoms with Crippen molar-refractivity contribution in [1.29, 1.82) is 0 Å². The average molecular weight is 287 g/mol. The predicted octanol–water partition coefficient (Wildman–Crippen LogP) is 0.692. The first kappa shape index (κ1) is 14.5. The van der Waals surface area contributed by atoms with E-state index in [0.29, 0.717) is 36.7 Å². The van der Waals surface area contributed by atoms with E-state index in [-0.39, 0.29) is 4.90 Å². The molecule has 1 fully saturated rings. The van der Waals surface area contributed by atoms with E-state index in [9.17, 15) is 8.42 Å². The van der Waals surface area contributed by atoms with Gasteiger partial charge in [-0.05, 0) is 19.3 Å². The fourth-order valence-electron chi connectivity index (χ4n) is 2.56. The number of hydrogen-bond donors (Lipinski definition) is 1. The summed E-state index contributed by atoms with van der Waals surface area (Å²) < 4.78 is 30.6. The number of aryl methyl sites for hydroxylation is 1. The van der Waals surface area contributed by atoms with Gasteiger partial charge in [-0.15, -0.1) is 0 Å². The van der Waals surface area contributed by atoms with Gasteiger partial charge in [0.25, 0.3) is 0 Å². The lowest BCUT2D eigenvalue weighted by molar-refractivity contribution is 0.181. The van der Waals surface area contributed by atoms with Crippen LogP contribution in [0.4, 0.5) is 0 Å². The number of ether oxygens (including phenoxy) is 1. The maximum Gasteiger partial charge on any atom is 0.241 e. The Kier molecular flexibility index (Phi) is 4.27. The Balaban J connectivity index is 2.41. The summed E-state index contributed by atoms with van der Waals surface area (Å²) in [6, 6.07) is 0. The van der Waals surface area contributed by atoms with Crippen LogP contribution in [-0.4, -0.2) is 31.4 Å². The normalized spacial score (nSPS) is 20.1. The van der Waals surface area contributed by atoms with Crippen molar-refractivity contribution in [3.63, 3.8) is 0 Å². The number of rotatable bonds is 5. The van der Waals surface area contributed by atoms with Gasteiger partial charge in [0.1, 0.15) is 4.90 Å². The van der Waals surface area contributed by atoms with Crippen molar-refractivity contribution in [1.82, 2.24) is 9.78 Å². The highest BCUT2D eigenvalue weighted by Crippen LogP contribution is 2.23. The number of nitrogens with zero attached hydrogens (tertiary/aromatic N) is 2. The van der Waals surface area contributed by atoms with Crippen molar-refractivity contribution in [2.75, 3.05) is 13.2 Å². The third-order valence-electron chi connectivity index (χ3n) is 3.49. The van der Waals surface area contributed by atoms with E-state index in [2.05, 4.69) is 5.10 Å². The minimum absolute atomic E-state index is 0.219. The van der Waals surface area contributed by atoms with Crippen LogP contribution in [0.5, 0.6) is 0 Å². The number of sulfonamides is 1. The Morgan fingerprint density at radius 3 is 2.63 bits per heavy atom. The zero-order valence-corrected chi connectivity index (χ0v) is 12.2. The monoisotopic (exact) mass is 287 g/mol. The molecule has 0 spiro atoms. The first-order valence-electron chi connectivity index (χ1n) is 6.66. The lowest BCUT2D eigenvalue weighted by Gasteiger charge is -2.11. The Hall–Kier alpha value is -0.920. The van der Waals surface area contributed by atoms with Gasteiger partial charge in [0.15, 0.2) is 0 Å². The molecular formula is C12H21N3O3S. The van der Waals surface area contributed by atoms with Gasteiger partial charge in [0.2, 0.25) is 10.0 Å². The van der Waals surface area contributed by atoms with Gasteiger partial charge in [0.05, 0.1) is 18.0 Å². The molecule has 108 valence electrons. The average Bonchev–Trinajstić information content (AvgIpc) is 2.95. The molecule has 7 heteroatoms. The Bertz CT molecular complexity index is 545. The minimum Gasteiger partial charge on any atom is -0.381 e. The van der Waals surface area contributed by atoms with Crippen molar-refractivity contribution in [3.8, 4) is 0 Å². The van der Waals surface area contributed by atoms with Crippen molar-refractivity contribution in [2.45, 2.75) is 44.6 Å². The van der Waals surface area contributed by atoms with Crippen LogP contribution in [0, 0.1) is 5.92 Å². The molecule has 1 unspecified atom stereocenters. The highest BCUT2D eigenvalue weighted by atomic mass is 32.2. The van der Waals surface area contributed by atoms with Crippen molar-refractivity contribution in [2.24, 2.45) is 11.1 Å². The Morgan fingerprint density at radius 1 is 1.42 bits per heavy atom. The minimum atomic E-state index is -3.72. The fraction of sp³-hybridized carbons (Fsp3) is 0.750. The second kappa shape index (κ2) is 5.60. The lowest BCUT2D eigenvalue weighted by Crippen LogP contribution is -2.17. The molecule has 6 nitrogen and oxygen atoms in total. The summed E-state index contributed by atoms with van der Waals surface area (Å²) in [7, 11) is -3.72. The van der Waals surface area contributed by atoms with E-state index < -0.39 is 10.0 Å². The van der Waals surface area contributed by atoms with Gasteiger partial charge in [-0.2, -0.15) is 5.10 Å². The molecule has 1 aliphatic heterocycles. The van der Waals surface area contributed by atoms with Gasteiger partial charge >= 0.3 is 0 Å². The summed E-state index contributed by atoms with van der Waals surface area (Å²) >= 11 is 0. The molecule has 1 saturated heterocycles. The predicted molar refractivity (Wildman–Crippen MR) is 71.3 cm³/mol. The topological polar surface area (TPSA) is 87.2 Å². The molecular weight excluding hydrogens is 266 g/mol. The molecule has 19 heavy (non-hydrogen) atoms. The van der Waals surface area contributed by atoms with E-state index in [1.165, 1.54) is 0 Å². The van der Waals surface area contributed by atoms with Crippen LogP contribution in [0.3, 0.4) is 0 Å². The molecule has 0 aromatic carbocycles. The number of primary sulfonamides is 1. The lowest BCUT2D eigenvalue weighted by atomic mass is 10.1. The summed E-state index contributed by atoms with van der Waals surface area (Å²) in [5.41, 5.74) is 1.28. The van der Waals surface area contributed by atoms with Crippen LogP contribution in [0.25, 0.3) is 0 Å². The number of aromatic nitrogens is 2. The molecule has 0 amide bonds.